The van der Waals surface area contributed by atoms with Crippen molar-refractivity contribution in [2.45, 2.75) is 26.2 Å². The molecule has 1 N–H and O–H groups in total. The number of carbonyl (C=O) groups is 2. The molecule has 0 aliphatic heterocycles. The van der Waals surface area contributed by atoms with E-state index in [1.165, 1.54) is 0 Å². The molecule has 1 aliphatic rings. The monoisotopic (exact) mass is 354 g/mol. The third-order valence-corrected chi connectivity index (χ3v) is 5.50. The number of benzene rings is 1. The molecule has 3 rings (SSSR count). The normalized spacial score (nSPS) is 18.3. The molecule has 5 nitrogen and oxygen atoms in total. The van der Waals surface area contributed by atoms with Gasteiger partial charge in [0.1, 0.15) is 15.9 Å². The van der Waals surface area contributed by atoms with Crippen LogP contribution in [0.15, 0.2) is 30.3 Å². The SMILES string of the molecule is CCOC(=O)c1sc(NC(=O)C2CC2c2ccccc2)c(C#N)c1C. The van der Waals surface area contributed by atoms with Crippen LogP contribution < -0.4 is 5.32 Å². The molecule has 1 aromatic heterocycles. The van der Waals surface area contributed by atoms with Crippen LogP contribution in [0.2, 0.25) is 0 Å². The summed E-state index contributed by atoms with van der Waals surface area (Å²) in [6.45, 7) is 3.69. The van der Waals surface area contributed by atoms with Gasteiger partial charge in [0, 0.05) is 5.92 Å². The summed E-state index contributed by atoms with van der Waals surface area (Å²) in [5.41, 5.74) is 2.03. The molecule has 2 aromatic rings. The van der Waals surface area contributed by atoms with Gasteiger partial charge in [-0.05, 0) is 37.3 Å². The first-order valence-corrected chi connectivity index (χ1v) is 8.94. The first kappa shape index (κ1) is 17.2. The maximum Gasteiger partial charge on any atom is 0.348 e. The fourth-order valence-corrected chi connectivity index (χ4v) is 3.94. The molecule has 1 aromatic carbocycles. The summed E-state index contributed by atoms with van der Waals surface area (Å²) in [5, 5.41) is 12.6. The first-order valence-electron chi connectivity index (χ1n) is 8.13. The van der Waals surface area contributed by atoms with Crippen molar-refractivity contribution in [3.8, 4) is 6.07 Å². The van der Waals surface area contributed by atoms with E-state index in [0.717, 1.165) is 23.3 Å². The van der Waals surface area contributed by atoms with Crippen molar-refractivity contribution in [2.75, 3.05) is 11.9 Å². The highest BCUT2D eigenvalue weighted by molar-refractivity contribution is 7.18. The van der Waals surface area contributed by atoms with E-state index in [1.807, 2.05) is 30.3 Å². The van der Waals surface area contributed by atoms with E-state index in [4.69, 9.17) is 4.74 Å². The standard InChI is InChI=1S/C19H18N2O3S/c1-3-24-19(23)16-11(2)15(10-20)18(25-16)21-17(22)14-9-13(14)12-7-5-4-6-8-12/h4-8,13-14H,3,9H2,1-2H3,(H,21,22). The molecule has 128 valence electrons. The van der Waals surface area contributed by atoms with Crippen LogP contribution in [0.25, 0.3) is 0 Å². The molecule has 0 spiro atoms. The number of anilines is 1. The predicted molar refractivity (Wildman–Crippen MR) is 95.6 cm³/mol. The van der Waals surface area contributed by atoms with E-state index < -0.39 is 5.97 Å². The average Bonchev–Trinajstić information content (AvgIpc) is 3.35. The lowest BCUT2D eigenvalue weighted by Crippen LogP contribution is -2.14. The molecule has 2 unspecified atom stereocenters. The number of hydrogen-bond donors (Lipinski definition) is 1. The van der Waals surface area contributed by atoms with Crippen LogP contribution in [0.5, 0.6) is 0 Å². The van der Waals surface area contributed by atoms with Crippen LogP contribution in [0, 0.1) is 24.2 Å². The second-order valence-corrected chi connectivity index (χ2v) is 6.96. The van der Waals surface area contributed by atoms with Crippen LogP contribution >= 0.6 is 11.3 Å². The minimum Gasteiger partial charge on any atom is -0.462 e. The first-order chi connectivity index (χ1) is 12.1. The van der Waals surface area contributed by atoms with Gasteiger partial charge in [-0.1, -0.05) is 30.3 Å². The Hall–Kier alpha value is -2.65. The van der Waals surface area contributed by atoms with Gasteiger partial charge in [-0.15, -0.1) is 11.3 Å². The second-order valence-electron chi connectivity index (χ2n) is 5.94. The van der Waals surface area contributed by atoms with Crippen LogP contribution in [0.4, 0.5) is 5.00 Å². The minimum atomic E-state index is -0.462. The Balaban J connectivity index is 1.75. The number of amides is 1. The molecule has 1 amide bonds. The van der Waals surface area contributed by atoms with Gasteiger partial charge >= 0.3 is 5.97 Å². The number of ether oxygens (including phenoxy) is 1. The summed E-state index contributed by atoms with van der Waals surface area (Å²) in [6, 6.07) is 12.0. The fraction of sp³-hybridized carbons (Fsp3) is 0.316. The molecule has 1 aliphatic carbocycles. The number of carbonyl (C=O) groups excluding carboxylic acids is 2. The zero-order valence-corrected chi connectivity index (χ0v) is 14.9. The number of esters is 1. The number of thiophene rings is 1. The molecular formula is C19H18N2O3S. The molecule has 25 heavy (non-hydrogen) atoms. The van der Waals surface area contributed by atoms with Crippen LogP contribution in [-0.2, 0) is 9.53 Å². The maximum atomic E-state index is 12.5. The number of nitrogens with one attached hydrogen (secondary N) is 1. The van der Waals surface area contributed by atoms with Crippen LogP contribution in [-0.4, -0.2) is 18.5 Å². The lowest BCUT2D eigenvalue weighted by atomic mass is 10.1. The second kappa shape index (κ2) is 7.08. The van der Waals surface area contributed by atoms with Crippen molar-refractivity contribution in [3.63, 3.8) is 0 Å². The van der Waals surface area contributed by atoms with Crippen molar-refractivity contribution in [1.29, 1.82) is 5.26 Å². The van der Waals surface area contributed by atoms with Gasteiger partial charge in [-0.25, -0.2) is 4.79 Å². The minimum absolute atomic E-state index is 0.0950. The molecule has 0 bridgehead atoms. The molecule has 1 saturated carbocycles. The van der Waals surface area contributed by atoms with Gasteiger partial charge in [-0.3, -0.25) is 4.79 Å². The van der Waals surface area contributed by atoms with Crippen LogP contribution in [0.3, 0.4) is 0 Å². The zero-order valence-electron chi connectivity index (χ0n) is 14.0. The molecule has 0 radical (unpaired) electrons. The van der Waals surface area contributed by atoms with Gasteiger partial charge in [-0.2, -0.15) is 5.26 Å². The topological polar surface area (TPSA) is 79.2 Å². The third-order valence-electron chi connectivity index (χ3n) is 4.31. The van der Waals surface area contributed by atoms with Crippen molar-refractivity contribution < 1.29 is 14.3 Å². The van der Waals surface area contributed by atoms with Gasteiger partial charge < -0.3 is 10.1 Å². The van der Waals surface area contributed by atoms with Crippen LogP contribution in [0.1, 0.15) is 45.6 Å². The number of nitriles is 1. The average molecular weight is 354 g/mol. The molecule has 1 heterocycles. The number of nitrogens with zero attached hydrogens (tertiary/aromatic N) is 1. The van der Waals surface area contributed by atoms with Gasteiger partial charge in [0.05, 0.1) is 12.2 Å². The van der Waals surface area contributed by atoms with Crippen molar-refractivity contribution in [3.05, 3.63) is 51.9 Å². The quantitative estimate of drug-likeness (QED) is 0.827. The maximum absolute atomic E-state index is 12.5. The Morgan fingerprint density at radius 3 is 2.72 bits per heavy atom. The van der Waals surface area contributed by atoms with Crippen molar-refractivity contribution >= 4 is 28.2 Å². The van der Waals surface area contributed by atoms with E-state index in [1.54, 1.807) is 13.8 Å². The van der Waals surface area contributed by atoms with Gasteiger partial charge in [0.15, 0.2) is 0 Å². The fourth-order valence-electron chi connectivity index (χ4n) is 2.89. The third kappa shape index (κ3) is 3.42. The Morgan fingerprint density at radius 1 is 1.36 bits per heavy atom. The van der Waals surface area contributed by atoms with Gasteiger partial charge in [0.25, 0.3) is 0 Å². The lowest BCUT2D eigenvalue weighted by Gasteiger charge is -2.03. The highest BCUT2D eigenvalue weighted by Crippen LogP contribution is 2.48. The highest BCUT2D eigenvalue weighted by Gasteiger charge is 2.44. The van der Waals surface area contributed by atoms with E-state index >= 15 is 0 Å². The smallest absolute Gasteiger partial charge is 0.348 e. The van der Waals surface area contributed by atoms with Gasteiger partial charge in [0.2, 0.25) is 5.91 Å². The summed E-state index contributed by atoms with van der Waals surface area (Å²) in [7, 11) is 0. The summed E-state index contributed by atoms with van der Waals surface area (Å²) >= 11 is 1.10. The largest absolute Gasteiger partial charge is 0.462 e. The number of hydrogen-bond acceptors (Lipinski definition) is 5. The van der Waals surface area contributed by atoms with Crippen molar-refractivity contribution in [2.24, 2.45) is 5.92 Å². The Kier molecular flexibility index (Phi) is 4.86. The van der Waals surface area contributed by atoms with E-state index in [2.05, 4.69) is 11.4 Å². The Bertz CT molecular complexity index is 852. The van der Waals surface area contributed by atoms with E-state index in [9.17, 15) is 14.9 Å². The molecule has 0 saturated heterocycles. The summed E-state index contributed by atoms with van der Waals surface area (Å²) in [4.78, 5) is 24.9. The Morgan fingerprint density at radius 2 is 2.08 bits per heavy atom. The molecule has 1 fully saturated rings. The molecule has 6 heteroatoms. The summed E-state index contributed by atoms with van der Waals surface area (Å²) < 4.78 is 5.01. The molecule has 2 atom stereocenters. The molecular weight excluding hydrogens is 336 g/mol. The summed E-state index contributed by atoms with van der Waals surface area (Å²) in [5.74, 6) is -0.447. The van der Waals surface area contributed by atoms with E-state index in [-0.39, 0.29) is 24.3 Å². The van der Waals surface area contributed by atoms with Crippen molar-refractivity contribution in [1.82, 2.24) is 0 Å². The Labute approximate surface area is 150 Å². The lowest BCUT2D eigenvalue weighted by molar-refractivity contribution is -0.117. The zero-order chi connectivity index (χ0) is 18.0. The highest BCUT2D eigenvalue weighted by atomic mass is 32.1. The number of rotatable bonds is 5. The predicted octanol–water partition coefficient (Wildman–Crippen LogP) is 3.85. The summed E-state index contributed by atoms with van der Waals surface area (Å²) in [6.07, 6.45) is 0.798. The van der Waals surface area contributed by atoms with E-state index in [0.29, 0.717) is 21.0 Å².